The molecule has 0 nitrogen and oxygen atoms in total. The van der Waals surface area contributed by atoms with Crippen LogP contribution >= 0.6 is 15.9 Å². The summed E-state index contributed by atoms with van der Waals surface area (Å²) in [6.07, 6.45) is 0. The molecule has 0 aliphatic heterocycles. The second kappa shape index (κ2) is 4.68. The normalized spacial score (nSPS) is 10.8. The van der Waals surface area contributed by atoms with Gasteiger partial charge in [0.1, 0.15) is 0 Å². The summed E-state index contributed by atoms with van der Waals surface area (Å²) in [5.41, 5.74) is -1.05. The van der Waals surface area contributed by atoms with Crippen molar-refractivity contribution >= 4 is 15.9 Å². The van der Waals surface area contributed by atoms with Gasteiger partial charge in [0, 0.05) is 10.0 Å². The Morgan fingerprint density at radius 1 is 0.667 bits per heavy atom. The van der Waals surface area contributed by atoms with E-state index >= 15 is 0 Å². The molecule has 2 aromatic carbocycles. The maximum Gasteiger partial charge on any atom is 0.200 e. The van der Waals surface area contributed by atoms with Crippen molar-refractivity contribution in [3.63, 3.8) is 0 Å². The summed E-state index contributed by atoms with van der Waals surface area (Å²) in [6.45, 7) is 0. The fourth-order valence-corrected chi connectivity index (χ4v) is 1.99. The van der Waals surface area contributed by atoms with Crippen molar-refractivity contribution in [2.75, 3.05) is 0 Å². The second-order valence-corrected chi connectivity index (χ2v) is 4.28. The molecule has 2 aromatic rings. The van der Waals surface area contributed by atoms with Crippen LogP contribution in [0.3, 0.4) is 0 Å². The summed E-state index contributed by atoms with van der Waals surface area (Å²) in [7, 11) is 0. The van der Waals surface area contributed by atoms with Crippen LogP contribution in [-0.4, -0.2) is 0 Å². The van der Waals surface area contributed by atoms with Crippen LogP contribution in [0.5, 0.6) is 0 Å². The quantitative estimate of drug-likeness (QED) is 0.401. The monoisotopic (exact) mass is 322 g/mol. The van der Waals surface area contributed by atoms with E-state index in [9.17, 15) is 22.0 Å². The van der Waals surface area contributed by atoms with Gasteiger partial charge in [-0.15, -0.1) is 0 Å². The van der Waals surface area contributed by atoms with Crippen LogP contribution in [0.2, 0.25) is 0 Å². The molecule has 0 aromatic heterocycles. The average Bonchev–Trinajstić information content (AvgIpc) is 2.36. The molecule has 0 bridgehead atoms. The predicted molar refractivity (Wildman–Crippen MR) is 59.4 cm³/mol. The van der Waals surface area contributed by atoms with E-state index in [0.717, 1.165) is 0 Å². The molecule has 0 N–H and O–H groups in total. The molecule has 2 rings (SSSR count). The van der Waals surface area contributed by atoms with Gasteiger partial charge in [0.2, 0.25) is 5.82 Å². The van der Waals surface area contributed by atoms with E-state index < -0.39 is 34.6 Å². The first-order valence-electron chi connectivity index (χ1n) is 4.71. The van der Waals surface area contributed by atoms with Crippen LogP contribution in [0.15, 0.2) is 28.7 Å². The molecule has 0 amide bonds. The molecule has 0 unspecified atom stereocenters. The molecule has 0 radical (unpaired) electrons. The highest BCUT2D eigenvalue weighted by atomic mass is 79.9. The first kappa shape index (κ1) is 13.0. The molecule has 0 spiro atoms. The minimum Gasteiger partial charge on any atom is -0.203 e. The van der Waals surface area contributed by atoms with Gasteiger partial charge in [0.25, 0.3) is 0 Å². The Hall–Kier alpha value is -1.43. The van der Waals surface area contributed by atoms with E-state index in [4.69, 9.17) is 0 Å². The third-order valence-electron chi connectivity index (χ3n) is 2.35. The summed E-state index contributed by atoms with van der Waals surface area (Å²) >= 11 is 3.00. The van der Waals surface area contributed by atoms with Gasteiger partial charge in [-0.1, -0.05) is 34.1 Å². The zero-order valence-corrected chi connectivity index (χ0v) is 10.2. The molecule has 94 valence electrons. The maximum atomic E-state index is 13.5. The first-order chi connectivity index (χ1) is 8.45. The lowest BCUT2D eigenvalue weighted by molar-refractivity contribution is 0.381. The molecule has 0 aliphatic carbocycles. The predicted octanol–water partition coefficient (Wildman–Crippen LogP) is 4.81. The van der Waals surface area contributed by atoms with Gasteiger partial charge in [-0.05, 0) is 6.07 Å². The lowest BCUT2D eigenvalue weighted by atomic mass is 10.0. The van der Waals surface area contributed by atoms with Crippen molar-refractivity contribution in [2.45, 2.75) is 0 Å². The lowest BCUT2D eigenvalue weighted by Crippen LogP contribution is -2.04. The second-order valence-electron chi connectivity index (χ2n) is 3.42. The van der Waals surface area contributed by atoms with Crippen molar-refractivity contribution in [1.82, 2.24) is 0 Å². The van der Waals surface area contributed by atoms with Gasteiger partial charge in [0.15, 0.2) is 23.3 Å². The molecule has 0 atom stereocenters. The molecule has 0 saturated carbocycles. The molecule has 18 heavy (non-hydrogen) atoms. The highest BCUT2D eigenvalue weighted by molar-refractivity contribution is 9.10. The van der Waals surface area contributed by atoms with Gasteiger partial charge in [-0.3, -0.25) is 0 Å². The number of hydrogen-bond donors (Lipinski definition) is 0. The molecule has 0 fully saturated rings. The Morgan fingerprint density at radius 2 is 1.11 bits per heavy atom. The van der Waals surface area contributed by atoms with E-state index in [2.05, 4.69) is 15.9 Å². The van der Waals surface area contributed by atoms with E-state index in [1.807, 2.05) is 0 Å². The fourth-order valence-electron chi connectivity index (χ4n) is 1.51. The van der Waals surface area contributed by atoms with Crippen molar-refractivity contribution in [3.05, 3.63) is 57.8 Å². The zero-order chi connectivity index (χ0) is 13.4. The Labute approximate surface area is 107 Å². The molecule has 0 heterocycles. The summed E-state index contributed by atoms with van der Waals surface area (Å²) < 4.78 is 66.2. The minimum atomic E-state index is -2.17. The van der Waals surface area contributed by atoms with Gasteiger partial charge >= 0.3 is 0 Å². The average molecular weight is 323 g/mol. The van der Waals surface area contributed by atoms with Gasteiger partial charge < -0.3 is 0 Å². The van der Waals surface area contributed by atoms with Gasteiger partial charge in [-0.2, -0.15) is 0 Å². The summed E-state index contributed by atoms with van der Waals surface area (Å²) in [6, 6.07) is 5.67. The number of benzene rings is 2. The largest absolute Gasteiger partial charge is 0.203 e. The molecular weight excluding hydrogens is 319 g/mol. The van der Waals surface area contributed by atoms with Crippen LogP contribution in [-0.2, 0) is 0 Å². The summed E-state index contributed by atoms with van der Waals surface area (Å²) in [5.74, 6) is -9.78. The maximum absolute atomic E-state index is 13.5. The van der Waals surface area contributed by atoms with Gasteiger partial charge in [-0.25, -0.2) is 22.0 Å². The molecule has 0 saturated heterocycles. The molecular formula is C12H4BrF5. The van der Waals surface area contributed by atoms with Crippen LogP contribution < -0.4 is 0 Å². The van der Waals surface area contributed by atoms with Crippen molar-refractivity contribution < 1.29 is 22.0 Å². The van der Waals surface area contributed by atoms with E-state index in [0.29, 0.717) is 0 Å². The Balaban J connectivity index is 2.85. The first-order valence-corrected chi connectivity index (χ1v) is 5.50. The summed E-state index contributed by atoms with van der Waals surface area (Å²) in [5, 5.41) is 0. The highest BCUT2D eigenvalue weighted by Gasteiger charge is 2.27. The lowest BCUT2D eigenvalue weighted by Gasteiger charge is -2.09. The van der Waals surface area contributed by atoms with E-state index in [-0.39, 0.29) is 10.0 Å². The number of halogens is 6. The number of hydrogen-bond acceptors (Lipinski definition) is 0. The van der Waals surface area contributed by atoms with E-state index in [1.54, 1.807) is 6.07 Å². The Kier molecular flexibility index (Phi) is 3.38. The zero-order valence-electron chi connectivity index (χ0n) is 8.58. The minimum absolute atomic E-state index is 0.106. The topological polar surface area (TPSA) is 0 Å². The van der Waals surface area contributed by atoms with Crippen molar-refractivity contribution in [2.24, 2.45) is 0 Å². The smallest absolute Gasteiger partial charge is 0.200 e. The third-order valence-corrected chi connectivity index (χ3v) is 3.04. The van der Waals surface area contributed by atoms with Crippen LogP contribution in [0, 0.1) is 29.1 Å². The Morgan fingerprint density at radius 3 is 1.61 bits per heavy atom. The van der Waals surface area contributed by atoms with E-state index in [1.165, 1.54) is 18.2 Å². The van der Waals surface area contributed by atoms with Gasteiger partial charge in [0.05, 0.1) is 5.56 Å². The fraction of sp³-hybridized carbons (Fsp3) is 0. The molecule has 6 heteroatoms. The highest BCUT2D eigenvalue weighted by Crippen LogP contribution is 2.35. The van der Waals surface area contributed by atoms with Crippen molar-refractivity contribution in [1.29, 1.82) is 0 Å². The van der Waals surface area contributed by atoms with Crippen LogP contribution in [0.1, 0.15) is 0 Å². The van der Waals surface area contributed by atoms with Crippen molar-refractivity contribution in [3.8, 4) is 11.1 Å². The standard InChI is InChI=1S/C12H4BrF5/c13-6-4-2-1-3-5(6)7-8(14)10(16)12(18)11(17)9(7)15/h1-4H. The summed E-state index contributed by atoms with van der Waals surface area (Å²) in [4.78, 5) is 0. The Bertz CT molecular complexity index is 595. The van der Waals surface area contributed by atoms with Crippen LogP contribution in [0.4, 0.5) is 22.0 Å². The van der Waals surface area contributed by atoms with Crippen LogP contribution in [0.25, 0.3) is 11.1 Å². The SMILES string of the molecule is Fc1c(F)c(F)c(-c2ccccc2Br)c(F)c1F. The number of rotatable bonds is 1. The molecule has 0 aliphatic rings. The third kappa shape index (κ3) is 1.90.